The lowest BCUT2D eigenvalue weighted by atomic mass is 10.4. The van der Waals surface area contributed by atoms with Crippen LogP contribution in [0.2, 0.25) is 0 Å². The van der Waals surface area contributed by atoms with Crippen LogP contribution in [-0.4, -0.2) is 24.4 Å². The summed E-state index contributed by atoms with van der Waals surface area (Å²) in [5.41, 5.74) is 0. The van der Waals surface area contributed by atoms with E-state index in [1.54, 1.807) is 4.90 Å². The van der Waals surface area contributed by atoms with Crippen LogP contribution >= 0.6 is 0 Å². The highest BCUT2D eigenvalue weighted by Crippen LogP contribution is 1.86. The summed E-state index contributed by atoms with van der Waals surface area (Å²) in [5, 5.41) is 0. The Morgan fingerprint density at radius 2 is 2.12 bits per heavy atom. The van der Waals surface area contributed by atoms with E-state index in [-0.39, 0.29) is 7.33 Å². The summed E-state index contributed by atoms with van der Waals surface area (Å²) in [6.07, 6.45) is 0.615. The lowest BCUT2D eigenvalue weighted by Gasteiger charge is -2.11. The molecule has 0 saturated heterocycles. The Morgan fingerprint density at radius 3 is 2.25 bits per heavy atom. The Morgan fingerprint density at radius 1 is 1.62 bits per heavy atom. The van der Waals surface area contributed by atoms with E-state index < -0.39 is 0 Å². The first-order valence-electron chi connectivity index (χ1n) is 2.96. The van der Waals surface area contributed by atoms with Crippen molar-refractivity contribution in [2.24, 2.45) is 0 Å². The average molecular weight is 117 g/mol. The van der Waals surface area contributed by atoms with E-state index in [1.807, 2.05) is 20.9 Å². The standard InChI is InChI=1S/C6H13NO.H2/c1-4-6(8)7(3)5-2;/h4-5H2,1-3H3;1H. The summed E-state index contributed by atoms with van der Waals surface area (Å²) < 4.78 is 0. The number of rotatable bonds is 2. The quantitative estimate of drug-likeness (QED) is 0.530. The van der Waals surface area contributed by atoms with Gasteiger partial charge in [-0.15, -0.1) is 0 Å². The molecule has 8 heavy (non-hydrogen) atoms. The monoisotopic (exact) mass is 117 g/mol. The number of nitrogens with zero attached hydrogens (tertiary/aromatic N) is 1. The summed E-state index contributed by atoms with van der Waals surface area (Å²) in [7, 11) is 1.81. The van der Waals surface area contributed by atoms with Crippen LogP contribution in [0.25, 0.3) is 0 Å². The molecule has 0 aliphatic rings. The second kappa shape index (κ2) is 3.47. The molecule has 0 aromatic rings. The maximum Gasteiger partial charge on any atom is 0.222 e. The molecule has 0 N–H and O–H groups in total. The fourth-order valence-corrected chi connectivity index (χ4v) is 0.446. The zero-order valence-electron chi connectivity index (χ0n) is 5.77. The Kier molecular flexibility index (Phi) is 3.24. The molecule has 0 spiro atoms. The number of hydrogen-bond donors (Lipinski definition) is 0. The predicted octanol–water partition coefficient (Wildman–Crippen LogP) is 1.12. The smallest absolute Gasteiger partial charge is 0.222 e. The van der Waals surface area contributed by atoms with Crippen LogP contribution in [0, 0.1) is 0 Å². The van der Waals surface area contributed by atoms with Crippen molar-refractivity contribution in [3.63, 3.8) is 0 Å². The second-order valence-electron chi connectivity index (χ2n) is 1.76. The van der Waals surface area contributed by atoms with Gasteiger partial charge in [0.1, 0.15) is 0 Å². The first-order valence-corrected chi connectivity index (χ1v) is 2.96. The van der Waals surface area contributed by atoms with Crippen molar-refractivity contribution in [1.29, 1.82) is 0 Å². The van der Waals surface area contributed by atoms with Gasteiger partial charge >= 0.3 is 0 Å². The van der Waals surface area contributed by atoms with Gasteiger partial charge in [-0.2, -0.15) is 0 Å². The largest absolute Gasteiger partial charge is 0.346 e. The zero-order valence-corrected chi connectivity index (χ0v) is 5.77. The fourth-order valence-electron chi connectivity index (χ4n) is 0.446. The third-order valence-electron chi connectivity index (χ3n) is 1.20. The van der Waals surface area contributed by atoms with E-state index in [0.717, 1.165) is 6.54 Å². The number of hydrogen-bond acceptors (Lipinski definition) is 1. The number of carbonyl (C=O) groups excluding carboxylic acids is 1. The van der Waals surface area contributed by atoms with E-state index in [9.17, 15) is 4.79 Å². The van der Waals surface area contributed by atoms with Gasteiger partial charge in [0, 0.05) is 21.4 Å². The van der Waals surface area contributed by atoms with Crippen LogP contribution in [0.4, 0.5) is 0 Å². The minimum atomic E-state index is 0. The predicted molar refractivity (Wildman–Crippen MR) is 35.7 cm³/mol. The summed E-state index contributed by atoms with van der Waals surface area (Å²) in [6, 6.07) is 0. The highest BCUT2D eigenvalue weighted by Gasteiger charge is 1.99. The zero-order chi connectivity index (χ0) is 6.57. The van der Waals surface area contributed by atoms with Gasteiger partial charge in [-0.3, -0.25) is 4.79 Å². The molecule has 0 rings (SSSR count). The minimum absolute atomic E-state index is 0. The van der Waals surface area contributed by atoms with Crippen LogP contribution in [0.5, 0.6) is 0 Å². The third-order valence-corrected chi connectivity index (χ3v) is 1.20. The van der Waals surface area contributed by atoms with Crippen LogP contribution < -0.4 is 0 Å². The molecule has 2 heteroatoms. The number of amides is 1. The van der Waals surface area contributed by atoms with Crippen molar-refractivity contribution in [2.45, 2.75) is 20.3 Å². The normalized spacial score (nSPS) is 8.88. The molecule has 0 aromatic heterocycles. The SMILES string of the molecule is CCC(=O)N(C)CC.[HH]. The fraction of sp³-hybridized carbons (Fsp3) is 0.833. The molecule has 0 radical (unpaired) electrons. The molecule has 0 aliphatic heterocycles. The Balaban J connectivity index is 0. The van der Waals surface area contributed by atoms with Crippen molar-refractivity contribution in [1.82, 2.24) is 4.90 Å². The first kappa shape index (κ1) is 7.47. The molecule has 2 nitrogen and oxygen atoms in total. The lowest BCUT2D eigenvalue weighted by molar-refractivity contribution is -0.129. The maximum atomic E-state index is 10.7. The van der Waals surface area contributed by atoms with Gasteiger partial charge in [0.25, 0.3) is 0 Å². The molecule has 0 saturated carbocycles. The van der Waals surface area contributed by atoms with E-state index in [1.165, 1.54) is 0 Å². The molecule has 0 atom stereocenters. The van der Waals surface area contributed by atoms with Crippen LogP contribution in [0.15, 0.2) is 0 Å². The maximum absolute atomic E-state index is 10.7. The van der Waals surface area contributed by atoms with E-state index in [0.29, 0.717) is 6.42 Å². The van der Waals surface area contributed by atoms with Crippen LogP contribution in [0.3, 0.4) is 0 Å². The van der Waals surface area contributed by atoms with Gasteiger partial charge in [-0.25, -0.2) is 0 Å². The van der Waals surface area contributed by atoms with Gasteiger partial charge in [0.15, 0.2) is 0 Å². The van der Waals surface area contributed by atoms with Crippen molar-refractivity contribution in [3.8, 4) is 0 Å². The van der Waals surface area contributed by atoms with E-state index >= 15 is 0 Å². The second-order valence-corrected chi connectivity index (χ2v) is 1.76. The Hall–Kier alpha value is -0.530. The molecular formula is C6H15NO. The first-order chi connectivity index (χ1) is 3.72. The van der Waals surface area contributed by atoms with Crippen molar-refractivity contribution < 1.29 is 6.22 Å². The molecule has 0 fully saturated rings. The van der Waals surface area contributed by atoms with Crippen LogP contribution in [-0.2, 0) is 4.79 Å². The molecule has 0 unspecified atom stereocenters. The van der Waals surface area contributed by atoms with Gasteiger partial charge in [-0.1, -0.05) is 6.92 Å². The molecule has 50 valence electrons. The molecular weight excluding hydrogens is 102 g/mol. The highest BCUT2D eigenvalue weighted by atomic mass is 16.2. The Labute approximate surface area is 52.0 Å². The molecule has 0 bridgehead atoms. The molecule has 0 aromatic carbocycles. The van der Waals surface area contributed by atoms with Crippen molar-refractivity contribution >= 4 is 5.91 Å². The van der Waals surface area contributed by atoms with Gasteiger partial charge in [-0.05, 0) is 6.92 Å². The van der Waals surface area contributed by atoms with E-state index in [4.69, 9.17) is 0 Å². The molecule has 1 amide bonds. The van der Waals surface area contributed by atoms with Crippen LogP contribution in [0.1, 0.15) is 21.7 Å². The summed E-state index contributed by atoms with van der Waals surface area (Å²) in [5.74, 6) is 0.215. The van der Waals surface area contributed by atoms with E-state index in [2.05, 4.69) is 0 Å². The highest BCUT2D eigenvalue weighted by molar-refractivity contribution is 5.75. The minimum Gasteiger partial charge on any atom is -0.346 e. The molecule has 0 heterocycles. The average Bonchev–Trinajstić information content (AvgIpc) is 1.84. The van der Waals surface area contributed by atoms with Gasteiger partial charge < -0.3 is 4.90 Å². The summed E-state index contributed by atoms with van der Waals surface area (Å²) >= 11 is 0. The lowest BCUT2D eigenvalue weighted by Crippen LogP contribution is -2.24. The third kappa shape index (κ3) is 1.96. The topological polar surface area (TPSA) is 20.3 Å². The molecule has 0 aliphatic carbocycles. The summed E-state index contributed by atoms with van der Waals surface area (Å²) in [6.45, 7) is 4.65. The Bertz CT molecular complexity index is 85.1. The van der Waals surface area contributed by atoms with Gasteiger partial charge in [0.05, 0.1) is 0 Å². The number of carbonyl (C=O) groups is 1. The van der Waals surface area contributed by atoms with Crippen molar-refractivity contribution in [3.05, 3.63) is 0 Å². The summed E-state index contributed by atoms with van der Waals surface area (Å²) in [4.78, 5) is 12.4. The van der Waals surface area contributed by atoms with Crippen molar-refractivity contribution in [2.75, 3.05) is 13.6 Å². The van der Waals surface area contributed by atoms with Gasteiger partial charge in [0.2, 0.25) is 5.91 Å².